The van der Waals surface area contributed by atoms with Crippen LogP contribution < -0.4 is 10.6 Å². The van der Waals surface area contributed by atoms with Crippen molar-refractivity contribution in [3.05, 3.63) is 35.4 Å². The van der Waals surface area contributed by atoms with Gasteiger partial charge in [-0.1, -0.05) is 24.3 Å². The van der Waals surface area contributed by atoms with Gasteiger partial charge in [-0.2, -0.15) is 0 Å². The van der Waals surface area contributed by atoms with Crippen LogP contribution in [-0.2, 0) is 11.2 Å². The molecule has 7 heteroatoms. The summed E-state index contributed by atoms with van der Waals surface area (Å²) < 4.78 is 0. The zero-order valence-corrected chi connectivity index (χ0v) is 17.2. The highest BCUT2D eigenvalue weighted by molar-refractivity contribution is 5.85. The fourth-order valence-corrected chi connectivity index (χ4v) is 4.56. The number of carbonyl (C=O) groups excluding carboxylic acids is 2. The second-order valence-corrected chi connectivity index (χ2v) is 7.94. The summed E-state index contributed by atoms with van der Waals surface area (Å²) in [6.45, 7) is 4.73. The lowest BCUT2D eigenvalue weighted by Crippen LogP contribution is -2.48. The van der Waals surface area contributed by atoms with Gasteiger partial charge in [-0.05, 0) is 49.8 Å². The lowest BCUT2D eigenvalue weighted by molar-refractivity contribution is -0.126. The number of hydrogen-bond acceptors (Lipinski definition) is 3. The molecule has 1 aromatic carbocycles. The highest BCUT2D eigenvalue weighted by Crippen LogP contribution is 2.23. The van der Waals surface area contributed by atoms with Crippen molar-refractivity contribution in [3.63, 3.8) is 0 Å². The van der Waals surface area contributed by atoms with E-state index in [9.17, 15) is 9.59 Å². The normalized spacial score (nSPS) is 22.4. The van der Waals surface area contributed by atoms with Crippen molar-refractivity contribution < 1.29 is 9.59 Å². The second kappa shape index (κ2) is 9.61. The van der Waals surface area contributed by atoms with Gasteiger partial charge in [0.15, 0.2) is 0 Å². The van der Waals surface area contributed by atoms with E-state index in [1.807, 2.05) is 9.80 Å². The summed E-state index contributed by atoms with van der Waals surface area (Å²) in [7, 11) is 0. The van der Waals surface area contributed by atoms with Crippen LogP contribution in [0.1, 0.15) is 42.9 Å². The summed E-state index contributed by atoms with van der Waals surface area (Å²) in [5, 5.41) is 6.66. The molecule has 1 atom stereocenters. The van der Waals surface area contributed by atoms with Gasteiger partial charge in [0.25, 0.3) is 0 Å². The molecule has 1 unspecified atom stereocenters. The summed E-state index contributed by atoms with van der Waals surface area (Å²) in [5.74, 6) is 0.152. The molecule has 3 heterocycles. The Hall–Kier alpha value is -1.79. The maximum absolute atomic E-state index is 12.6. The maximum Gasteiger partial charge on any atom is 0.319 e. The van der Waals surface area contributed by atoms with Crippen molar-refractivity contribution in [2.24, 2.45) is 5.92 Å². The maximum atomic E-state index is 12.6. The molecule has 28 heavy (non-hydrogen) atoms. The molecule has 0 aliphatic carbocycles. The summed E-state index contributed by atoms with van der Waals surface area (Å²) >= 11 is 0. The lowest BCUT2D eigenvalue weighted by Gasteiger charge is -2.34. The van der Waals surface area contributed by atoms with E-state index >= 15 is 0 Å². The molecule has 4 rings (SSSR count). The van der Waals surface area contributed by atoms with Gasteiger partial charge in [-0.3, -0.25) is 4.79 Å². The first-order valence-corrected chi connectivity index (χ1v) is 10.3. The zero-order chi connectivity index (χ0) is 18.6. The summed E-state index contributed by atoms with van der Waals surface area (Å²) in [5.41, 5.74) is 2.68. The Bertz CT molecular complexity index is 685. The van der Waals surface area contributed by atoms with E-state index < -0.39 is 0 Å². The van der Waals surface area contributed by atoms with Crippen molar-refractivity contribution in [1.82, 2.24) is 20.4 Å². The number of benzene rings is 1. The van der Waals surface area contributed by atoms with E-state index in [0.717, 1.165) is 51.7 Å². The van der Waals surface area contributed by atoms with Crippen LogP contribution >= 0.6 is 12.4 Å². The predicted octanol–water partition coefficient (Wildman–Crippen LogP) is 2.34. The lowest BCUT2D eigenvalue weighted by atomic mass is 9.93. The second-order valence-electron chi connectivity index (χ2n) is 7.94. The Kier molecular flexibility index (Phi) is 7.18. The SMILES string of the molecule is Cl.O=C(NCC1NCCc2ccccc21)C1CCN(C(=O)N2CCCC2)CC1. The first kappa shape index (κ1) is 20.9. The highest BCUT2D eigenvalue weighted by Gasteiger charge is 2.31. The molecule has 3 amide bonds. The number of hydrogen-bond donors (Lipinski definition) is 2. The van der Waals surface area contributed by atoms with Crippen molar-refractivity contribution >= 4 is 24.3 Å². The number of rotatable bonds is 3. The van der Waals surface area contributed by atoms with Crippen LogP contribution in [-0.4, -0.2) is 61.0 Å². The molecule has 0 saturated carbocycles. The van der Waals surface area contributed by atoms with Gasteiger partial charge in [-0.15, -0.1) is 12.4 Å². The third kappa shape index (κ3) is 4.61. The van der Waals surface area contributed by atoms with Crippen LogP contribution in [0.2, 0.25) is 0 Å². The van der Waals surface area contributed by atoms with Crippen LogP contribution in [0.25, 0.3) is 0 Å². The minimum absolute atomic E-state index is 0. The predicted molar refractivity (Wildman–Crippen MR) is 112 cm³/mol. The van der Waals surface area contributed by atoms with Crippen LogP contribution in [0, 0.1) is 5.92 Å². The summed E-state index contributed by atoms with van der Waals surface area (Å²) in [4.78, 5) is 29.0. The van der Waals surface area contributed by atoms with E-state index in [0.29, 0.717) is 19.6 Å². The molecule has 3 aliphatic heterocycles. The molecule has 0 spiro atoms. The van der Waals surface area contributed by atoms with Crippen molar-refractivity contribution in [3.8, 4) is 0 Å². The monoisotopic (exact) mass is 406 g/mol. The van der Waals surface area contributed by atoms with Gasteiger partial charge in [-0.25, -0.2) is 4.79 Å². The first-order chi connectivity index (χ1) is 13.2. The molecule has 3 aliphatic rings. The molecule has 0 bridgehead atoms. The average Bonchev–Trinajstić information content (AvgIpc) is 3.26. The van der Waals surface area contributed by atoms with E-state index in [-0.39, 0.29) is 36.3 Å². The molecule has 2 fully saturated rings. The van der Waals surface area contributed by atoms with Crippen molar-refractivity contribution in [2.45, 2.75) is 38.1 Å². The van der Waals surface area contributed by atoms with Gasteiger partial charge in [0.05, 0.1) is 0 Å². The minimum Gasteiger partial charge on any atom is -0.354 e. The molecular formula is C21H31ClN4O2. The molecule has 1 aromatic rings. The summed E-state index contributed by atoms with van der Waals surface area (Å²) in [6.07, 6.45) is 4.80. The fraction of sp³-hybridized carbons (Fsp3) is 0.619. The van der Waals surface area contributed by atoms with E-state index in [2.05, 4.69) is 34.9 Å². The Morgan fingerprint density at radius 3 is 2.46 bits per heavy atom. The minimum atomic E-state index is 0. The van der Waals surface area contributed by atoms with E-state index in [4.69, 9.17) is 0 Å². The number of likely N-dealkylation sites (tertiary alicyclic amines) is 2. The largest absolute Gasteiger partial charge is 0.354 e. The molecule has 2 saturated heterocycles. The Morgan fingerprint density at radius 2 is 1.71 bits per heavy atom. The van der Waals surface area contributed by atoms with Crippen LogP contribution in [0.3, 0.4) is 0 Å². The quantitative estimate of drug-likeness (QED) is 0.809. The number of nitrogens with one attached hydrogen (secondary N) is 2. The molecule has 0 radical (unpaired) electrons. The highest BCUT2D eigenvalue weighted by atomic mass is 35.5. The van der Waals surface area contributed by atoms with E-state index in [1.165, 1.54) is 11.1 Å². The number of piperidine rings is 1. The number of amides is 3. The van der Waals surface area contributed by atoms with Crippen molar-refractivity contribution in [2.75, 3.05) is 39.3 Å². The number of carbonyl (C=O) groups is 2. The van der Waals surface area contributed by atoms with Gasteiger partial charge in [0.2, 0.25) is 5.91 Å². The first-order valence-electron chi connectivity index (χ1n) is 10.3. The number of fused-ring (bicyclic) bond motifs is 1. The molecule has 0 aromatic heterocycles. The Balaban J connectivity index is 0.00000225. The van der Waals surface area contributed by atoms with E-state index in [1.54, 1.807) is 0 Å². The van der Waals surface area contributed by atoms with Crippen molar-refractivity contribution in [1.29, 1.82) is 0 Å². The fourth-order valence-electron chi connectivity index (χ4n) is 4.56. The van der Waals surface area contributed by atoms with Crippen LogP contribution in [0.4, 0.5) is 4.79 Å². The standard InChI is InChI=1S/C21H30N4O2.ClH/c26-20(23-15-19-18-6-2-1-5-16(18)7-10-22-19)17-8-13-25(14-9-17)21(27)24-11-3-4-12-24;/h1-2,5-6,17,19,22H,3-4,7-15H2,(H,23,26);1H. The van der Waals surface area contributed by atoms with Gasteiger partial charge in [0.1, 0.15) is 0 Å². The Labute approximate surface area is 173 Å². The van der Waals surface area contributed by atoms with Gasteiger partial charge in [0, 0.05) is 44.7 Å². The summed E-state index contributed by atoms with van der Waals surface area (Å²) in [6, 6.07) is 8.83. The molecular weight excluding hydrogens is 376 g/mol. The molecule has 154 valence electrons. The zero-order valence-electron chi connectivity index (χ0n) is 16.4. The third-order valence-corrected chi connectivity index (χ3v) is 6.21. The molecule has 6 nitrogen and oxygen atoms in total. The number of nitrogens with zero attached hydrogens (tertiary/aromatic N) is 2. The third-order valence-electron chi connectivity index (χ3n) is 6.21. The number of urea groups is 1. The topological polar surface area (TPSA) is 64.7 Å². The van der Waals surface area contributed by atoms with Crippen LogP contribution in [0.15, 0.2) is 24.3 Å². The van der Waals surface area contributed by atoms with Gasteiger partial charge < -0.3 is 20.4 Å². The average molecular weight is 407 g/mol. The smallest absolute Gasteiger partial charge is 0.319 e. The molecule has 2 N–H and O–H groups in total. The Morgan fingerprint density at radius 1 is 1.04 bits per heavy atom. The van der Waals surface area contributed by atoms with Crippen LogP contribution in [0.5, 0.6) is 0 Å². The number of halogens is 1. The van der Waals surface area contributed by atoms with Gasteiger partial charge >= 0.3 is 6.03 Å².